The van der Waals surface area contributed by atoms with Crippen LogP contribution in [0.4, 0.5) is 0 Å². The van der Waals surface area contributed by atoms with Gasteiger partial charge in [0.1, 0.15) is 0 Å². The molecule has 1 radical (unpaired) electrons. The molecule has 0 aromatic carbocycles. The predicted molar refractivity (Wildman–Crippen MR) is 64.1 cm³/mol. The Labute approximate surface area is 88.3 Å². The van der Waals surface area contributed by atoms with Crippen LogP contribution in [0.3, 0.4) is 0 Å². The van der Waals surface area contributed by atoms with Crippen LogP contribution in [0.25, 0.3) is 0 Å². The maximum atomic E-state index is 4.26. The van der Waals surface area contributed by atoms with Gasteiger partial charge in [0.2, 0.25) is 0 Å². The summed E-state index contributed by atoms with van der Waals surface area (Å²) in [6, 6.07) is 0. The predicted octanol–water partition coefficient (Wildman–Crippen LogP) is 4.13. The van der Waals surface area contributed by atoms with Gasteiger partial charge in [0, 0.05) is 0 Å². The third kappa shape index (κ3) is 7.35. The van der Waals surface area contributed by atoms with Crippen molar-refractivity contribution >= 4 is 25.3 Å². The van der Waals surface area contributed by atoms with Crippen LogP contribution in [0.2, 0.25) is 0 Å². The normalized spacial score (nSPS) is 11.5. The Kier molecular flexibility index (Phi) is 8.79. The summed E-state index contributed by atoms with van der Waals surface area (Å²) in [6.07, 6.45) is 7.95. The Morgan fingerprint density at radius 1 is 1.08 bits per heavy atom. The number of hydrogen-bond donors (Lipinski definition) is 2. The van der Waals surface area contributed by atoms with Gasteiger partial charge in [-0.05, 0) is 12.3 Å². The second-order valence-electron chi connectivity index (χ2n) is 3.38. The number of thiol groups is 2. The van der Waals surface area contributed by atoms with Gasteiger partial charge in [-0.1, -0.05) is 46.0 Å². The zero-order chi connectivity index (χ0) is 9.40. The molecule has 0 saturated heterocycles. The lowest BCUT2D eigenvalue weighted by molar-refractivity contribution is 0.613. The van der Waals surface area contributed by atoms with Gasteiger partial charge in [0.15, 0.2) is 0 Å². The summed E-state index contributed by atoms with van der Waals surface area (Å²) < 4.78 is 0.177. The van der Waals surface area contributed by atoms with E-state index in [9.17, 15) is 0 Å². The third-order valence-electron chi connectivity index (χ3n) is 2.12. The molecule has 0 nitrogen and oxygen atoms in total. The highest BCUT2D eigenvalue weighted by Gasteiger charge is 2.07. The lowest BCUT2D eigenvalue weighted by atomic mass is 10.0. The summed E-state index contributed by atoms with van der Waals surface area (Å²) in [5.74, 6) is 1.40. The van der Waals surface area contributed by atoms with E-state index < -0.39 is 0 Å². The maximum absolute atomic E-state index is 4.26. The molecule has 0 bridgehead atoms. The van der Waals surface area contributed by atoms with E-state index >= 15 is 0 Å². The number of hydrogen-bond acceptors (Lipinski definition) is 2. The van der Waals surface area contributed by atoms with Gasteiger partial charge in [-0.25, -0.2) is 0 Å². The van der Waals surface area contributed by atoms with E-state index in [0.29, 0.717) is 0 Å². The molecule has 0 aromatic rings. The highest BCUT2D eigenvalue weighted by Crippen LogP contribution is 2.22. The van der Waals surface area contributed by atoms with Crippen molar-refractivity contribution in [2.24, 2.45) is 0 Å². The van der Waals surface area contributed by atoms with Crippen molar-refractivity contribution < 1.29 is 0 Å². The van der Waals surface area contributed by atoms with Gasteiger partial charge in [-0.3, -0.25) is 0 Å². The van der Waals surface area contributed by atoms with Crippen LogP contribution in [-0.2, 0) is 0 Å². The molecule has 0 aliphatic heterocycles. The topological polar surface area (TPSA) is 0 Å². The van der Waals surface area contributed by atoms with E-state index in [1.165, 1.54) is 44.4 Å². The molecule has 0 atom stereocenters. The van der Waals surface area contributed by atoms with Crippen LogP contribution in [-0.4, -0.2) is 4.58 Å². The molecule has 0 aliphatic carbocycles. The minimum absolute atomic E-state index is 0.177. The van der Waals surface area contributed by atoms with Crippen molar-refractivity contribution in [2.75, 3.05) is 0 Å². The smallest absolute Gasteiger partial charge is 0.0501 e. The summed E-state index contributed by atoms with van der Waals surface area (Å²) >= 11 is 8.53. The van der Waals surface area contributed by atoms with Crippen LogP contribution >= 0.6 is 25.3 Å². The molecule has 0 aromatic heterocycles. The van der Waals surface area contributed by atoms with Crippen LogP contribution < -0.4 is 0 Å². The molecule has 0 spiro atoms. The Balaban J connectivity index is 3.08. The highest BCUT2D eigenvalue weighted by molar-refractivity contribution is 7.99. The second kappa shape index (κ2) is 8.31. The molecular weight excluding hydrogens is 184 g/mol. The molecule has 0 heterocycles. The van der Waals surface area contributed by atoms with Crippen LogP contribution in [0.1, 0.15) is 52.4 Å². The quantitative estimate of drug-likeness (QED) is 0.348. The number of unbranched alkanes of at least 4 members (excludes halogenated alkanes) is 4. The van der Waals surface area contributed by atoms with Crippen molar-refractivity contribution in [3.05, 3.63) is 5.92 Å². The van der Waals surface area contributed by atoms with Gasteiger partial charge >= 0.3 is 0 Å². The zero-order valence-corrected chi connectivity index (χ0v) is 10.0. The fourth-order valence-corrected chi connectivity index (χ4v) is 1.39. The largest absolute Gasteiger partial charge is 0.165 e. The monoisotopic (exact) mass is 205 g/mol. The molecule has 12 heavy (non-hydrogen) atoms. The van der Waals surface area contributed by atoms with Gasteiger partial charge in [-0.2, -0.15) is 25.3 Å². The Morgan fingerprint density at radius 2 is 1.67 bits per heavy atom. The third-order valence-corrected chi connectivity index (χ3v) is 3.00. The minimum atomic E-state index is 0.177. The zero-order valence-electron chi connectivity index (χ0n) is 8.21. The molecule has 0 N–H and O–H groups in total. The van der Waals surface area contributed by atoms with Crippen molar-refractivity contribution in [1.29, 1.82) is 0 Å². The van der Waals surface area contributed by atoms with E-state index in [0.717, 1.165) is 0 Å². The van der Waals surface area contributed by atoms with Gasteiger partial charge in [-0.15, -0.1) is 0 Å². The molecular formula is C10H21S2. The highest BCUT2D eigenvalue weighted by atomic mass is 32.2. The molecule has 2 heteroatoms. The molecule has 73 valence electrons. The summed E-state index contributed by atoms with van der Waals surface area (Å²) in [5, 5.41) is 0. The lowest BCUT2D eigenvalue weighted by Crippen LogP contribution is -2.01. The first-order valence-electron chi connectivity index (χ1n) is 4.87. The van der Waals surface area contributed by atoms with E-state index in [1.807, 2.05) is 0 Å². The van der Waals surface area contributed by atoms with Crippen molar-refractivity contribution in [2.45, 2.75) is 57.0 Å². The molecule has 0 unspecified atom stereocenters. The van der Waals surface area contributed by atoms with Gasteiger partial charge in [0.05, 0.1) is 4.58 Å². The van der Waals surface area contributed by atoms with Crippen LogP contribution in [0.5, 0.6) is 0 Å². The molecule has 0 saturated carbocycles. The van der Waals surface area contributed by atoms with Crippen LogP contribution in [0, 0.1) is 5.92 Å². The Morgan fingerprint density at radius 3 is 2.17 bits per heavy atom. The average molecular weight is 205 g/mol. The average Bonchev–Trinajstić information content (AvgIpc) is 2.03. The summed E-state index contributed by atoms with van der Waals surface area (Å²) in [6.45, 7) is 4.39. The van der Waals surface area contributed by atoms with Crippen molar-refractivity contribution in [3.63, 3.8) is 0 Å². The summed E-state index contributed by atoms with van der Waals surface area (Å²) in [7, 11) is 0. The standard InChI is InChI=1S/C10H21S2/c1-3-4-5-6-7-8-9(2)10(11)12/h10-12H,3-8H2,1-2H3. The molecule has 0 fully saturated rings. The van der Waals surface area contributed by atoms with Crippen molar-refractivity contribution in [3.8, 4) is 0 Å². The van der Waals surface area contributed by atoms with Gasteiger partial charge < -0.3 is 0 Å². The minimum Gasteiger partial charge on any atom is -0.165 e. The molecule has 0 aliphatic rings. The molecule has 0 amide bonds. The first-order chi connectivity index (χ1) is 5.68. The van der Waals surface area contributed by atoms with E-state index in [4.69, 9.17) is 0 Å². The van der Waals surface area contributed by atoms with Crippen molar-refractivity contribution in [1.82, 2.24) is 0 Å². The first kappa shape index (κ1) is 12.7. The lowest BCUT2D eigenvalue weighted by Gasteiger charge is -2.12. The van der Waals surface area contributed by atoms with E-state index in [2.05, 4.69) is 39.1 Å². The maximum Gasteiger partial charge on any atom is 0.0501 e. The van der Waals surface area contributed by atoms with E-state index in [-0.39, 0.29) is 4.58 Å². The summed E-state index contributed by atoms with van der Waals surface area (Å²) in [5.41, 5.74) is 0. The van der Waals surface area contributed by atoms with Crippen LogP contribution in [0.15, 0.2) is 0 Å². The second-order valence-corrected chi connectivity index (χ2v) is 4.82. The fraction of sp³-hybridized carbons (Fsp3) is 0.900. The van der Waals surface area contributed by atoms with E-state index in [1.54, 1.807) is 0 Å². The first-order valence-corrected chi connectivity index (χ1v) is 5.90. The summed E-state index contributed by atoms with van der Waals surface area (Å²) in [4.78, 5) is 0. The SMILES string of the molecule is CCCCCCC[C](C)C(S)S. The van der Waals surface area contributed by atoms with Gasteiger partial charge in [0.25, 0.3) is 0 Å². The fourth-order valence-electron chi connectivity index (χ4n) is 1.14. The number of rotatable bonds is 7. The Bertz CT molecular complexity index is 91.8. The Hall–Kier alpha value is 0.700. The molecule has 0 rings (SSSR count).